The van der Waals surface area contributed by atoms with Crippen molar-refractivity contribution in [3.8, 4) is 0 Å². The minimum absolute atomic E-state index is 0.0106. The molecule has 1 saturated heterocycles. The Bertz CT molecular complexity index is 916. The molecule has 0 saturated carbocycles. The number of nitrogens with zero attached hydrogens (tertiary/aromatic N) is 1. The molecule has 4 rings (SSSR count). The number of rotatable bonds is 4. The number of likely N-dealkylation sites (tertiary alicyclic amines) is 1. The average molecular weight is 407 g/mol. The van der Waals surface area contributed by atoms with Crippen LogP contribution in [0.15, 0.2) is 48.5 Å². The summed E-state index contributed by atoms with van der Waals surface area (Å²) < 4.78 is 5.87. The zero-order valence-electron chi connectivity index (χ0n) is 17.8. The molecule has 3 atom stereocenters. The van der Waals surface area contributed by atoms with Gasteiger partial charge in [-0.15, -0.1) is 0 Å². The van der Waals surface area contributed by atoms with Crippen molar-refractivity contribution in [1.82, 2.24) is 4.90 Å². The van der Waals surface area contributed by atoms with E-state index in [2.05, 4.69) is 25.2 Å². The van der Waals surface area contributed by atoms with E-state index in [1.165, 1.54) is 5.56 Å². The molecule has 2 aliphatic rings. The third-order valence-electron chi connectivity index (χ3n) is 6.05. The van der Waals surface area contributed by atoms with Crippen LogP contribution in [0.25, 0.3) is 0 Å². The summed E-state index contributed by atoms with van der Waals surface area (Å²) in [7, 11) is 0. The molecule has 0 aromatic heterocycles. The Morgan fingerprint density at radius 1 is 1.03 bits per heavy atom. The summed E-state index contributed by atoms with van der Waals surface area (Å²) in [5.41, 5.74) is 3.45. The molecule has 2 aromatic rings. The van der Waals surface area contributed by atoms with Gasteiger partial charge in [-0.2, -0.15) is 0 Å². The van der Waals surface area contributed by atoms with Crippen molar-refractivity contribution in [1.29, 1.82) is 0 Å². The lowest BCUT2D eigenvalue weighted by Gasteiger charge is -2.35. The molecule has 1 N–H and O–H groups in total. The Morgan fingerprint density at radius 3 is 2.53 bits per heavy atom. The van der Waals surface area contributed by atoms with E-state index in [1.807, 2.05) is 35.2 Å². The highest BCUT2D eigenvalue weighted by Gasteiger charge is 2.28. The largest absolute Gasteiger partial charge is 0.373 e. The topological polar surface area (TPSA) is 58.6 Å². The average Bonchev–Trinajstić information content (AvgIpc) is 2.73. The summed E-state index contributed by atoms with van der Waals surface area (Å²) in [5, 5.41) is 2.96. The molecule has 0 bridgehead atoms. The highest BCUT2D eigenvalue weighted by molar-refractivity contribution is 6.03. The van der Waals surface area contributed by atoms with Crippen LogP contribution in [0.4, 0.5) is 5.69 Å². The number of benzene rings is 2. The first-order chi connectivity index (χ1) is 14.5. The maximum atomic E-state index is 13.2. The molecule has 158 valence electrons. The molecule has 30 heavy (non-hydrogen) atoms. The smallest absolute Gasteiger partial charge is 0.255 e. The Morgan fingerprint density at radius 2 is 1.73 bits per heavy atom. The second kappa shape index (κ2) is 9.00. The number of ether oxygens (including phenoxy) is 1. The van der Waals surface area contributed by atoms with E-state index in [9.17, 15) is 9.59 Å². The van der Waals surface area contributed by atoms with Gasteiger partial charge in [0.25, 0.3) is 5.91 Å². The zero-order chi connectivity index (χ0) is 21.1. The highest BCUT2D eigenvalue weighted by atomic mass is 16.5. The van der Waals surface area contributed by atoms with Crippen molar-refractivity contribution in [2.24, 2.45) is 11.8 Å². The Kier molecular flexibility index (Phi) is 6.18. The molecular formula is C25H30N2O3. The summed E-state index contributed by atoms with van der Waals surface area (Å²) in [5.74, 6) is 0.826. The number of hydrogen-bond donors (Lipinski definition) is 1. The standard InChI is InChI=1S/C25H30N2O3/c1-17-13-18(2)16-27(15-17)25(29)21-9-5-6-10-22(21)26-24(28)14-23-20-8-4-3-7-19(20)11-12-30-23/h3-10,17-18,23H,11-16H2,1-2H3,(H,26,28)/t17-,18-,23+/m1/s1. The molecule has 5 nitrogen and oxygen atoms in total. The van der Waals surface area contributed by atoms with Crippen LogP contribution in [0.5, 0.6) is 0 Å². The van der Waals surface area contributed by atoms with E-state index < -0.39 is 0 Å². The molecule has 5 heteroatoms. The second-order valence-electron chi connectivity index (χ2n) is 8.76. The monoisotopic (exact) mass is 406 g/mol. The highest BCUT2D eigenvalue weighted by Crippen LogP contribution is 2.30. The predicted octanol–water partition coefficient (Wildman–Crippen LogP) is 4.45. The van der Waals surface area contributed by atoms with Gasteiger partial charge in [0.1, 0.15) is 0 Å². The van der Waals surface area contributed by atoms with E-state index in [4.69, 9.17) is 4.74 Å². The molecule has 2 heterocycles. The zero-order valence-corrected chi connectivity index (χ0v) is 17.8. The number of fused-ring (bicyclic) bond motifs is 1. The maximum Gasteiger partial charge on any atom is 0.255 e. The third kappa shape index (κ3) is 4.57. The lowest BCUT2D eigenvalue weighted by Crippen LogP contribution is -2.42. The molecular weight excluding hydrogens is 376 g/mol. The van der Waals surface area contributed by atoms with Crippen LogP contribution in [-0.4, -0.2) is 36.4 Å². The molecule has 2 aromatic carbocycles. The van der Waals surface area contributed by atoms with Crippen molar-refractivity contribution in [3.63, 3.8) is 0 Å². The summed E-state index contributed by atoms with van der Waals surface area (Å²) in [4.78, 5) is 27.9. The van der Waals surface area contributed by atoms with Gasteiger partial charge in [-0.25, -0.2) is 0 Å². The first-order valence-corrected chi connectivity index (χ1v) is 10.9. The summed E-state index contributed by atoms with van der Waals surface area (Å²) in [6.45, 7) is 6.52. The molecule has 0 aliphatic carbocycles. The second-order valence-corrected chi connectivity index (χ2v) is 8.76. The van der Waals surface area contributed by atoms with E-state index in [0.29, 0.717) is 29.7 Å². The number of carbonyl (C=O) groups is 2. The third-order valence-corrected chi connectivity index (χ3v) is 6.05. The molecule has 0 unspecified atom stereocenters. The van der Waals surface area contributed by atoms with Crippen LogP contribution >= 0.6 is 0 Å². The fourth-order valence-corrected chi connectivity index (χ4v) is 4.79. The van der Waals surface area contributed by atoms with Gasteiger partial charge in [-0.1, -0.05) is 50.2 Å². The fourth-order valence-electron chi connectivity index (χ4n) is 4.79. The van der Waals surface area contributed by atoms with Crippen LogP contribution in [0.2, 0.25) is 0 Å². The molecule has 0 spiro atoms. The lowest BCUT2D eigenvalue weighted by molar-refractivity contribution is -0.119. The van der Waals surface area contributed by atoms with Crippen LogP contribution in [0.1, 0.15) is 54.3 Å². The molecule has 1 fully saturated rings. The van der Waals surface area contributed by atoms with Gasteiger partial charge in [0.2, 0.25) is 5.91 Å². The van der Waals surface area contributed by atoms with Crippen molar-refractivity contribution in [2.45, 2.75) is 39.2 Å². The van der Waals surface area contributed by atoms with E-state index >= 15 is 0 Å². The minimum Gasteiger partial charge on any atom is -0.373 e. The lowest BCUT2D eigenvalue weighted by atomic mass is 9.91. The van der Waals surface area contributed by atoms with Gasteiger partial charge in [0.05, 0.1) is 30.4 Å². The number of anilines is 1. The number of piperidine rings is 1. The molecule has 0 radical (unpaired) electrons. The summed E-state index contributed by atoms with van der Waals surface area (Å²) >= 11 is 0. The van der Waals surface area contributed by atoms with Crippen molar-refractivity contribution in [2.75, 3.05) is 25.0 Å². The van der Waals surface area contributed by atoms with Gasteiger partial charge in [-0.05, 0) is 47.9 Å². The van der Waals surface area contributed by atoms with Crippen LogP contribution in [0, 0.1) is 11.8 Å². The van der Waals surface area contributed by atoms with Crippen molar-refractivity contribution >= 4 is 17.5 Å². The van der Waals surface area contributed by atoms with Gasteiger partial charge in [-0.3, -0.25) is 9.59 Å². The number of para-hydroxylation sites is 1. The Hall–Kier alpha value is -2.66. The van der Waals surface area contributed by atoms with Gasteiger partial charge in [0, 0.05) is 13.1 Å². The summed E-state index contributed by atoms with van der Waals surface area (Å²) in [6.07, 6.45) is 2.00. The summed E-state index contributed by atoms with van der Waals surface area (Å²) in [6, 6.07) is 15.4. The van der Waals surface area contributed by atoms with Crippen LogP contribution in [0.3, 0.4) is 0 Å². The number of carbonyl (C=O) groups excluding carboxylic acids is 2. The first-order valence-electron chi connectivity index (χ1n) is 10.9. The number of hydrogen-bond acceptors (Lipinski definition) is 3. The first kappa shape index (κ1) is 20.6. The van der Waals surface area contributed by atoms with E-state index in [0.717, 1.165) is 31.5 Å². The normalized spacial score (nSPS) is 23.5. The number of nitrogens with one attached hydrogen (secondary N) is 1. The van der Waals surface area contributed by atoms with Gasteiger partial charge >= 0.3 is 0 Å². The Labute approximate surface area is 178 Å². The van der Waals surface area contributed by atoms with E-state index in [-0.39, 0.29) is 24.3 Å². The van der Waals surface area contributed by atoms with Crippen LogP contribution < -0.4 is 5.32 Å². The van der Waals surface area contributed by atoms with Crippen molar-refractivity contribution < 1.29 is 14.3 Å². The quantitative estimate of drug-likeness (QED) is 0.816. The SMILES string of the molecule is C[C@@H]1C[C@@H](C)CN(C(=O)c2ccccc2NC(=O)C[C@@H]2OCCc3ccccc32)C1. The molecule has 2 amide bonds. The van der Waals surface area contributed by atoms with Gasteiger partial charge in [0.15, 0.2) is 0 Å². The predicted molar refractivity (Wildman–Crippen MR) is 117 cm³/mol. The number of amides is 2. The van der Waals surface area contributed by atoms with Crippen LogP contribution in [-0.2, 0) is 16.0 Å². The van der Waals surface area contributed by atoms with E-state index in [1.54, 1.807) is 12.1 Å². The Balaban J connectivity index is 1.47. The van der Waals surface area contributed by atoms with Gasteiger partial charge < -0.3 is 15.0 Å². The molecule has 2 aliphatic heterocycles. The maximum absolute atomic E-state index is 13.2. The van der Waals surface area contributed by atoms with Crippen molar-refractivity contribution in [3.05, 3.63) is 65.2 Å². The fraction of sp³-hybridized carbons (Fsp3) is 0.440. The minimum atomic E-state index is -0.249.